The van der Waals surface area contributed by atoms with Crippen LogP contribution in [-0.2, 0) is 29.0 Å². The van der Waals surface area contributed by atoms with Crippen LogP contribution in [0.15, 0.2) is 48.5 Å². The number of anilines is 1. The molecule has 2 aromatic carbocycles. The van der Waals surface area contributed by atoms with Gasteiger partial charge >= 0.3 is 0 Å². The van der Waals surface area contributed by atoms with Gasteiger partial charge in [-0.3, -0.25) is 14.5 Å². The maximum absolute atomic E-state index is 12.6. The Hall–Kier alpha value is -2.66. The Balaban J connectivity index is 1.51. The number of nitrogens with one attached hydrogen (secondary N) is 1. The Labute approximate surface area is 161 Å². The number of fused-ring (bicyclic) bond motifs is 1. The van der Waals surface area contributed by atoms with Gasteiger partial charge in [-0.05, 0) is 42.6 Å². The topological polar surface area (TPSA) is 52.7 Å². The van der Waals surface area contributed by atoms with Gasteiger partial charge in [-0.25, -0.2) is 0 Å². The highest BCUT2D eigenvalue weighted by Gasteiger charge is 2.21. The summed E-state index contributed by atoms with van der Waals surface area (Å²) in [5.41, 5.74) is 4.49. The quantitative estimate of drug-likeness (QED) is 0.856. The molecule has 2 aromatic rings. The highest BCUT2D eigenvalue weighted by atomic mass is 16.2. The average Bonchev–Trinajstić information content (AvgIpc) is 2.67. The second-order valence-corrected chi connectivity index (χ2v) is 7.07. The highest BCUT2D eigenvalue weighted by molar-refractivity contribution is 5.93. The summed E-state index contributed by atoms with van der Waals surface area (Å²) in [7, 11) is 1.81. The van der Waals surface area contributed by atoms with Crippen molar-refractivity contribution in [1.82, 2.24) is 9.80 Å². The largest absolute Gasteiger partial charge is 0.337 e. The number of rotatable bonds is 6. The van der Waals surface area contributed by atoms with E-state index < -0.39 is 0 Å². The number of likely N-dealkylation sites (N-methyl/N-ethyl adjacent to an activating group) is 1. The molecule has 0 fully saturated rings. The summed E-state index contributed by atoms with van der Waals surface area (Å²) in [4.78, 5) is 28.6. The zero-order valence-corrected chi connectivity index (χ0v) is 16.1. The molecule has 0 saturated heterocycles. The predicted molar refractivity (Wildman–Crippen MR) is 108 cm³/mol. The Kier molecular flexibility index (Phi) is 6.24. The molecule has 1 N–H and O–H groups in total. The van der Waals surface area contributed by atoms with Crippen LogP contribution < -0.4 is 5.32 Å². The molecule has 0 bridgehead atoms. The molecule has 1 heterocycles. The first kappa shape index (κ1) is 19.1. The Morgan fingerprint density at radius 3 is 2.52 bits per heavy atom. The van der Waals surface area contributed by atoms with Crippen molar-refractivity contribution in [3.8, 4) is 0 Å². The van der Waals surface area contributed by atoms with Gasteiger partial charge in [-0.15, -0.1) is 0 Å². The van der Waals surface area contributed by atoms with Crippen LogP contribution in [0, 0.1) is 0 Å². The fourth-order valence-electron chi connectivity index (χ4n) is 3.48. The summed E-state index contributed by atoms with van der Waals surface area (Å²) in [5, 5.41) is 2.95. The van der Waals surface area contributed by atoms with Gasteiger partial charge in [-0.1, -0.05) is 49.4 Å². The van der Waals surface area contributed by atoms with E-state index in [0.717, 1.165) is 30.6 Å². The zero-order valence-electron chi connectivity index (χ0n) is 16.1. The van der Waals surface area contributed by atoms with E-state index in [9.17, 15) is 9.59 Å². The zero-order chi connectivity index (χ0) is 19.2. The highest BCUT2D eigenvalue weighted by Crippen LogP contribution is 2.18. The van der Waals surface area contributed by atoms with Gasteiger partial charge in [0.25, 0.3) is 0 Å². The molecule has 0 unspecified atom stereocenters. The third-order valence-corrected chi connectivity index (χ3v) is 4.97. The van der Waals surface area contributed by atoms with E-state index in [-0.39, 0.29) is 24.9 Å². The summed E-state index contributed by atoms with van der Waals surface area (Å²) in [5.74, 6) is -0.0380. The van der Waals surface area contributed by atoms with E-state index in [1.807, 2.05) is 41.3 Å². The Bertz CT molecular complexity index is 819. The van der Waals surface area contributed by atoms with Crippen LogP contribution in [0.2, 0.25) is 0 Å². The number of aryl methyl sites for hydroxylation is 1. The fourth-order valence-corrected chi connectivity index (χ4v) is 3.48. The van der Waals surface area contributed by atoms with Gasteiger partial charge in [-0.2, -0.15) is 0 Å². The summed E-state index contributed by atoms with van der Waals surface area (Å²) < 4.78 is 0. The molecule has 27 heavy (non-hydrogen) atoms. The maximum atomic E-state index is 12.6. The van der Waals surface area contributed by atoms with Crippen LogP contribution in [0.4, 0.5) is 5.69 Å². The Morgan fingerprint density at radius 2 is 1.74 bits per heavy atom. The molecule has 1 aliphatic rings. The summed E-state index contributed by atoms with van der Waals surface area (Å²) in [6, 6.07) is 16.1. The normalized spacial score (nSPS) is 13.4. The van der Waals surface area contributed by atoms with Gasteiger partial charge in [0.05, 0.1) is 13.1 Å². The standard InChI is InChI=1S/C22H27N3O2/c1-3-17-8-6-7-11-20(17)23-21(26)15-24(2)16-22(27)25-13-12-18-9-4-5-10-19(18)14-25/h4-11H,3,12-16H2,1-2H3,(H,23,26). The van der Waals surface area contributed by atoms with Gasteiger partial charge in [0, 0.05) is 18.8 Å². The van der Waals surface area contributed by atoms with Crippen LogP contribution in [0.1, 0.15) is 23.6 Å². The van der Waals surface area contributed by atoms with Crippen molar-refractivity contribution < 1.29 is 9.59 Å². The molecule has 0 saturated carbocycles. The number of nitrogens with zero attached hydrogens (tertiary/aromatic N) is 2. The van der Waals surface area contributed by atoms with Crippen molar-refractivity contribution in [3.05, 3.63) is 65.2 Å². The van der Waals surface area contributed by atoms with Crippen molar-refractivity contribution in [2.75, 3.05) is 32.0 Å². The number of hydrogen-bond acceptors (Lipinski definition) is 3. The van der Waals surface area contributed by atoms with Crippen molar-refractivity contribution >= 4 is 17.5 Å². The van der Waals surface area contributed by atoms with E-state index in [0.29, 0.717) is 6.54 Å². The first-order valence-electron chi connectivity index (χ1n) is 9.47. The molecule has 1 aliphatic heterocycles. The van der Waals surface area contributed by atoms with Crippen LogP contribution in [-0.4, -0.2) is 48.3 Å². The van der Waals surface area contributed by atoms with Gasteiger partial charge in [0.15, 0.2) is 0 Å². The van der Waals surface area contributed by atoms with Crippen LogP contribution >= 0.6 is 0 Å². The molecule has 5 heteroatoms. The third kappa shape index (κ3) is 4.95. The van der Waals surface area contributed by atoms with Gasteiger partial charge in [0.1, 0.15) is 0 Å². The molecule has 0 aliphatic carbocycles. The van der Waals surface area contributed by atoms with Crippen molar-refractivity contribution in [3.63, 3.8) is 0 Å². The maximum Gasteiger partial charge on any atom is 0.238 e. The third-order valence-electron chi connectivity index (χ3n) is 4.97. The van der Waals surface area contributed by atoms with E-state index in [1.54, 1.807) is 11.9 Å². The number of carbonyl (C=O) groups is 2. The molecule has 0 aromatic heterocycles. The van der Waals surface area contributed by atoms with Gasteiger partial charge < -0.3 is 10.2 Å². The molecular formula is C22H27N3O2. The second kappa shape index (κ2) is 8.82. The lowest BCUT2D eigenvalue weighted by Gasteiger charge is -2.30. The Morgan fingerprint density at radius 1 is 1.04 bits per heavy atom. The molecule has 142 valence electrons. The number of amides is 2. The van der Waals surface area contributed by atoms with E-state index in [4.69, 9.17) is 0 Å². The molecule has 2 amide bonds. The van der Waals surface area contributed by atoms with Crippen LogP contribution in [0.5, 0.6) is 0 Å². The minimum absolute atomic E-state index is 0.0637. The van der Waals surface area contributed by atoms with E-state index in [1.165, 1.54) is 11.1 Å². The lowest BCUT2D eigenvalue weighted by Crippen LogP contribution is -2.43. The van der Waals surface area contributed by atoms with Crippen LogP contribution in [0.25, 0.3) is 0 Å². The lowest BCUT2D eigenvalue weighted by atomic mass is 10.00. The number of hydrogen-bond donors (Lipinski definition) is 1. The van der Waals surface area contributed by atoms with Crippen molar-refractivity contribution in [1.29, 1.82) is 0 Å². The minimum Gasteiger partial charge on any atom is -0.337 e. The number of para-hydroxylation sites is 1. The second-order valence-electron chi connectivity index (χ2n) is 7.07. The molecule has 0 radical (unpaired) electrons. The van der Waals surface area contributed by atoms with E-state index in [2.05, 4.69) is 24.4 Å². The summed E-state index contributed by atoms with van der Waals surface area (Å²) >= 11 is 0. The van der Waals surface area contributed by atoms with Gasteiger partial charge in [0.2, 0.25) is 11.8 Å². The van der Waals surface area contributed by atoms with Crippen molar-refractivity contribution in [2.24, 2.45) is 0 Å². The van der Waals surface area contributed by atoms with Crippen LogP contribution in [0.3, 0.4) is 0 Å². The lowest BCUT2D eigenvalue weighted by molar-refractivity contribution is -0.133. The molecule has 5 nitrogen and oxygen atoms in total. The molecule has 0 spiro atoms. The SMILES string of the molecule is CCc1ccccc1NC(=O)CN(C)CC(=O)N1CCc2ccccc2C1. The average molecular weight is 365 g/mol. The smallest absolute Gasteiger partial charge is 0.238 e. The number of benzene rings is 2. The van der Waals surface area contributed by atoms with E-state index >= 15 is 0 Å². The first-order chi connectivity index (χ1) is 13.1. The molecule has 0 atom stereocenters. The predicted octanol–water partition coefficient (Wildman–Crippen LogP) is 2.70. The molecular weight excluding hydrogens is 338 g/mol. The minimum atomic E-state index is -0.102. The summed E-state index contributed by atoms with van der Waals surface area (Å²) in [6.07, 6.45) is 1.75. The number of carbonyl (C=O) groups excluding carboxylic acids is 2. The monoisotopic (exact) mass is 365 g/mol. The summed E-state index contributed by atoms with van der Waals surface area (Å²) in [6.45, 7) is 3.88. The fraction of sp³-hybridized carbons (Fsp3) is 0.364. The van der Waals surface area contributed by atoms with Crippen molar-refractivity contribution in [2.45, 2.75) is 26.3 Å². The molecule has 3 rings (SSSR count). The first-order valence-corrected chi connectivity index (χ1v) is 9.47.